The number of aromatic nitrogens is 1. The van der Waals surface area contributed by atoms with Crippen LogP contribution < -0.4 is 10.6 Å². The van der Waals surface area contributed by atoms with Crippen molar-refractivity contribution >= 4 is 11.7 Å². The second-order valence-electron chi connectivity index (χ2n) is 5.24. The lowest BCUT2D eigenvalue weighted by Crippen LogP contribution is -2.35. The van der Waals surface area contributed by atoms with E-state index in [1.165, 1.54) is 0 Å². The summed E-state index contributed by atoms with van der Waals surface area (Å²) in [7, 11) is 3.44. The molecule has 0 saturated carbocycles. The van der Waals surface area contributed by atoms with E-state index in [4.69, 9.17) is 4.74 Å². The van der Waals surface area contributed by atoms with Gasteiger partial charge in [-0.3, -0.25) is 4.79 Å². The first-order valence-electron chi connectivity index (χ1n) is 6.40. The number of ether oxygens (including phenoxy) is 1. The molecule has 0 unspecified atom stereocenters. The predicted molar refractivity (Wildman–Crippen MR) is 76.4 cm³/mol. The molecule has 0 aliphatic heterocycles. The maximum absolute atomic E-state index is 12.1. The zero-order valence-electron chi connectivity index (χ0n) is 12.1. The third-order valence-electron chi connectivity index (χ3n) is 3.00. The molecule has 0 radical (unpaired) electrons. The Hall–Kier alpha value is -1.62. The summed E-state index contributed by atoms with van der Waals surface area (Å²) < 4.78 is 5.07. The molecule has 0 bridgehead atoms. The molecule has 5 heteroatoms. The number of hydrogen-bond donors (Lipinski definition) is 2. The zero-order chi connectivity index (χ0) is 14.3. The number of carbonyl (C=O) groups excluding carboxylic acids is 1. The highest BCUT2D eigenvalue weighted by molar-refractivity contribution is 5.98. The highest BCUT2D eigenvalue weighted by atomic mass is 16.5. The van der Waals surface area contributed by atoms with Gasteiger partial charge in [-0.05, 0) is 24.0 Å². The molecule has 2 N–H and O–H groups in total. The summed E-state index contributed by atoms with van der Waals surface area (Å²) in [4.78, 5) is 16.2. The number of anilines is 1. The summed E-state index contributed by atoms with van der Waals surface area (Å²) in [6.07, 6.45) is 2.56. The molecule has 0 saturated heterocycles. The number of nitrogens with one attached hydrogen (secondary N) is 2. The maximum atomic E-state index is 12.1. The Bertz CT molecular complexity index is 419. The molecule has 0 fully saturated rings. The summed E-state index contributed by atoms with van der Waals surface area (Å²) in [5.41, 5.74) is 0.570. The first-order valence-corrected chi connectivity index (χ1v) is 6.40. The normalized spacial score (nSPS) is 11.2. The van der Waals surface area contributed by atoms with Crippen molar-refractivity contribution in [3.05, 3.63) is 23.9 Å². The average Bonchev–Trinajstić information content (AvgIpc) is 2.42. The lowest BCUT2D eigenvalue weighted by Gasteiger charge is -2.24. The standard InChI is InChI=1S/C14H23N3O2/c1-14(2,7-9-19-4)10-17-13(18)11-6-5-8-16-12(11)15-3/h5-6,8H,7,9-10H2,1-4H3,(H,15,16)(H,17,18). The van der Waals surface area contributed by atoms with Crippen LogP contribution in [0.5, 0.6) is 0 Å². The van der Waals surface area contributed by atoms with E-state index in [0.29, 0.717) is 24.5 Å². The van der Waals surface area contributed by atoms with Crippen molar-refractivity contribution in [1.29, 1.82) is 0 Å². The van der Waals surface area contributed by atoms with E-state index in [1.807, 2.05) is 0 Å². The molecular formula is C14H23N3O2. The molecule has 1 aromatic heterocycles. The molecule has 0 spiro atoms. The first-order chi connectivity index (χ1) is 9.00. The molecule has 19 heavy (non-hydrogen) atoms. The molecule has 0 atom stereocenters. The van der Waals surface area contributed by atoms with Crippen molar-refractivity contribution in [2.45, 2.75) is 20.3 Å². The summed E-state index contributed by atoms with van der Waals surface area (Å²) in [6.45, 7) is 5.51. The second kappa shape index (κ2) is 7.09. The predicted octanol–water partition coefficient (Wildman–Crippen LogP) is 1.92. The minimum absolute atomic E-state index is 0.00762. The first kappa shape index (κ1) is 15.4. The Balaban J connectivity index is 2.60. The molecular weight excluding hydrogens is 242 g/mol. The van der Waals surface area contributed by atoms with Crippen LogP contribution in [0.25, 0.3) is 0 Å². The summed E-state index contributed by atoms with van der Waals surface area (Å²) >= 11 is 0. The molecule has 1 aromatic rings. The van der Waals surface area contributed by atoms with Crippen LogP contribution in [0.15, 0.2) is 18.3 Å². The third kappa shape index (κ3) is 4.87. The molecule has 106 valence electrons. The van der Waals surface area contributed by atoms with Crippen LogP contribution >= 0.6 is 0 Å². The number of carbonyl (C=O) groups is 1. The molecule has 0 aliphatic rings. The number of methoxy groups -OCH3 is 1. The van der Waals surface area contributed by atoms with Gasteiger partial charge in [-0.1, -0.05) is 13.8 Å². The number of pyridine rings is 1. The van der Waals surface area contributed by atoms with Gasteiger partial charge in [0.2, 0.25) is 0 Å². The third-order valence-corrected chi connectivity index (χ3v) is 3.00. The van der Waals surface area contributed by atoms with Crippen molar-refractivity contribution in [3.63, 3.8) is 0 Å². The van der Waals surface area contributed by atoms with Gasteiger partial charge in [-0.2, -0.15) is 0 Å². The van der Waals surface area contributed by atoms with Gasteiger partial charge >= 0.3 is 0 Å². The van der Waals surface area contributed by atoms with Crippen LogP contribution in [0.4, 0.5) is 5.82 Å². The topological polar surface area (TPSA) is 63.2 Å². The minimum Gasteiger partial charge on any atom is -0.385 e. The Labute approximate surface area is 114 Å². The van der Waals surface area contributed by atoms with E-state index in [9.17, 15) is 4.79 Å². The van der Waals surface area contributed by atoms with Gasteiger partial charge in [-0.25, -0.2) is 4.98 Å². The molecule has 5 nitrogen and oxygen atoms in total. The minimum atomic E-state index is -0.108. The van der Waals surface area contributed by atoms with Crippen LogP contribution in [-0.2, 0) is 4.74 Å². The lowest BCUT2D eigenvalue weighted by atomic mass is 9.89. The van der Waals surface area contributed by atoms with Gasteiger partial charge in [-0.15, -0.1) is 0 Å². The fraction of sp³-hybridized carbons (Fsp3) is 0.571. The largest absolute Gasteiger partial charge is 0.385 e. The van der Waals surface area contributed by atoms with E-state index < -0.39 is 0 Å². The van der Waals surface area contributed by atoms with Crippen molar-refractivity contribution in [3.8, 4) is 0 Å². The number of hydrogen-bond acceptors (Lipinski definition) is 4. The maximum Gasteiger partial charge on any atom is 0.255 e. The molecule has 1 amide bonds. The van der Waals surface area contributed by atoms with Gasteiger partial charge in [0.15, 0.2) is 0 Å². The van der Waals surface area contributed by atoms with Crippen molar-refractivity contribution in [2.24, 2.45) is 5.41 Å². The molecule has 1 heterocycles. The lowest BCUT2D eigenvalue weighted by molar-refractivity contribution is 0.0921. The van der Waals surface area contributed by atoms with Gasteiger partial charge in [0, 0.05) is 33.5 Å². The van der Waals surface area contributed by atoms with Gasteiger partial charge in [0.1, 0.15) is 5.82 Å². The quantitative estimate of drug-likeness (QED) is 0.790. The molecule has 0 aromatic carbocycles. The van der Waals surface area contributed by atoms with Crippen LogP contribution in [0.1, 0.15) is 30.6 Å². The van der Waals surface area contributed by atoms with Gasteiger partial charge in [0.05, 0.1) is 5.56 Å². The number of amides is 1. The Morgan fingerprint density at radius 3 is 2.84 bits per heavy atom. The van der Waals surface area contributed by atoms with Crippen LogP contribution in [0.3, 0.4) is 0 Å². The summed E-state index contributed by atoms with van der Waals surface area (Å²) in [6, 6.07) is 3.52. The SMILES string of the molecule is CNc1ncccc1C(=O)NCC(C)(C)CCOC. The highest BCUT2D eigenvalue weighted by Gasteiger charge is 2.20. The van der Waals surface area contributed by atoms with Gasteiger partial charge < -0.3 is 15.4 Å². The molecule has 0 aliphatic carbocycles. The highest BCUT2D eigenvalue weighted by Crippen LogP contribution is 2.19. The van der Waals surface area contributed by atoms with Crippen molar-refractivity contribution in [2.75, 3.05) is 32.6 Å². The Kier molecular flexibility index (Phi) is 5.76. The monoisotopic (exact) mass is 265 g/mol. The fourth-order valence-electron chi connectivity index (χ4n) is 1.67. The van der Waals surface area contributed by atoms with Crippen LogP contribution in [0, 0.1) is 5.41 Å². The van der Waals surface area contributed by atoms with E-state index >= 15 is 0 Å². The summed E-state index contributed by atoms with van der Waals surface area (Å²) in [5.74, 6) is 0.484. The smallest absolute Gasteiger partial charge is 0.255 e. The van der Waals surface area contributed by atoms with E-state index in [-0.39, 0.29) is 11.3 Å². The van der Waals surface area contributed by atoms with E-state index in [0.717, 1.165) is 6.42 Å². The van der Waals surface area contributed by atoms with Gasteiger partial charge in [0.25, 0.3) is 5.91 Å². The Morgan fingerprint density at radius 1 is 1.47 bits per heavy atom. The zero-order valence-corrected chi connectivity index (χ0v) is 12.1. The van der Waals surface area contributed by atoms with Crippen LogP contribution in [0.2, 0.25) is 0 Å². The van der Waals surface area contributed by atoms with Crippen molar-refractivity contribution < 1.29 is 9.53 Å². The fourth-order valence-corrected chi connectivity index (χ4v) is 1.67. The van der Waals surface area contributed by atoms with E-state index in [2.05, 4.69) is 29.5 Å². The average molecular weight is 265 g/mol. The summed E-state index contributed by atoms with van der Waals surface area (Å²) in [5, 5.41) is 5.86. The van der Waals surface area contributed by atoms with E-state index in [1.54, 1.807) is 32.5 Å². The second-order valence-corrected chi connectivity index (χ2v) is 5.24. The Morgan fingerprint density at radius 2 is 2.21 bits per heavy atom. The molecule has 1 rings (SSSR count). The van der Waals surface area contributed by atoms with Crippen LogP contribution in [-0.4, -0.2) is 38.2 Å². The number of rotatable bonds is 7. The number of nitrogens with zero attached hydrogens (tertiary/aromatic N) is 1. The van der Waals surface area contributed by atoms with Crippen molar-refractivity contribution in [1.82, 2.24) is 10.3 Å².